The van der Waals surface area contributed by atoms with E-state index in [9.17, 15) is 0 Å². The maximum Gasteiger partial charge on any atom is 0.0477 e. The van der Waals surface area contributed by atoms with E-state index in [2.05, 4.69) is 12.2 Å². The first-order valence-corrected chi connectivity index (χ1v) is 7.18. The molecule has 94 valence electrons. The zero-order valence-electron chi connectivity index (χ0n) is 10.8. The van der Waals surface area contributed by atoms with Gasteiger partial charge < -0.3 is 10.1 Å². The van der Waals surface area contributed by atoms with E-state index >= 15 is 0 Å². The zero-order valence-corrected chi connectivity index (χ0v) is 10.8. The highest BCUT2D eigenvalue weighted by Gasteiger charge is 2.46. The van der Waals surface area contributed by atoms with Crippen LogP contribution >= 0.6 is 0 Å². The van der Waals surface area contributed by atoms with Gasteiger partial charge in [0.25, 0.3) is 0 Å². The van der Waals surface area contributed by atoms with Crippen molar-refractivity contribution in [1.29, 1.82) is 0 Å². The minimum absolute atomic E-state index is 0.712. The second-order valence-electron chi connectivity index (χ2n) is 5.52. The van der Waals surface area contributed by atoms with Crippen LogP contribution in [0.1, 0.15) is 58.3 Å². The normalized spacial score (nSPS) is 27.9. The molecule has 2 rings (SSSR count). The molecule has 0 aliphatic heterocycles. The van der Waals surface area contributed by atoms with Gasteiger partial charge in [-0.15, -0.1) is 0 Å². The molecule has 1 spiro atoms. The summed E-state index contributed by atoms with van der Waals surface area (Å²) in [5.74, 6) is 0. The van der Waals surface area contributed by atoms with Gasteiger partial charge in [-0.2, -0.15) is 0 Å². The van der Waals surface area contributed by atoms with Crippen LogP contribution in [0.15, 0.2) is 0 Å². The van der Waals surface area contributed by atoms with Gasteiger partial charge in [0.15, 0.2) is 0 Å². The number of ether oxygens (including phenoxy) is 1. The molecule has 2 nitrogen and oxygen atoms in total. The summed E-state index contributed by atoms with van der Waals surface area (Å²) in [6.45, 7) is 4.99. The smallest absolute Gasteiger partial charge is 0.0477 e. The van der Waals surface area contributed by atoms with Crippen molar-refractivity contribution in [2.24, 2.45) is 5.41 Å². The molecule has 0 aromatic heterocycles. The summed E-state index contributed by atoms with van der Waals surface area (Å²) < 4.78 is 5.36. The standard InChI is InChI=1S/C14H27NO/c1-2-16-12-6-11-15-13-7-10-14(13)8-4-3-5-9-14/h13,15H,2-12H2,1H3. The van der Waals surface area contributed by atoms with Crippen molar-refractivity contribution in [3.8, 4) is 0 Å². The minimum atomic E-state index is 0.712. The third-order valence-electron chi connectivity index (χ3n) is 4.58. The van der Waals surface area contributed by atoms with E-state index in [0.29, 0.717) is 5.41 Å². The Kier molecular flexibility index (Phi) is 4.66. The molecule has 0 heterocycles. The summed E-state index contributed by atoms with van der Waals surface area (Å²) in [7, 11) is 0. The van der Waals surface area contributed by atoms with Crippen molar-refractivity contribution in [2.45, 2.75) is 64.3 Å². The van der Waals surface area contributed by atoms with Crippen molar-refractivity contribution in [2.75, 3.05) is 19.8 Å². The van der Waals surface area contributed by atoms with Gasteiger partial charge in [-0.05, 0) is 51.0 Å². The number of hydrogen-bond donors (Lipinski definition) is 1. The molecule has 0 amide bonds. The fraction of sp³-hybridized carbons (Fsp3) is 1.00. The third kappa shape index (κ3) is 2.78. The van der Waals surface area contributed by atoms with Gasteiger partial charge in [0, 0.05) is 19.3 Å². The molecular weight excluding hydrogens is 198 g/mol. The first-order valence-electron chi connectivity index (χ1n) is 7.18. The molecule has 2 fully saturated rings. The van der Waals surface area contributed by atoms with Gasteiger partial charge in [-0.3, -0.25) is 0 Å². The van der Waals surface area contributed by atoms with E-state index in [1.165, 1.54) is 51.4 Å². The maximum atomic E-state index is 5.36. The summed E-state index contributed by atoms with van der Waals surface area (Å²) >= 11 is 0. The van der Waals surface area contributed by atoms with Crippen LogP contribution in [-0.2, 0) is 4.74 Å². The summed E-state index contributed by atoms with van der Waals surface area (Å²) in [5.41, 5.74) is 0.712. The van der Waals surface area contributed by atoms with Gasteiger partial charge >= 0.3 is 0 Å². The molecule has 1 N–H and O–H groups in total. The lowest BCUT2D eigenvalue weighted by Crippen LogP contribution is -2.54. The lowest BCUT2D eigenvalue weighted by atomic mass is 9.57. The first kappa shape index (κ1) is 12.4. The third-order valence-corrected chi connectivity index (χ3v) is 4.58. The second-order valence-corrected chi connectivity index (χ2v) is 5.52. The Morgan fingerprint density at radius 1 is 1.19 bits per heavy atom. The van der Waals surface area contributed by atoms with E-state index in [1.807, 2.05) is 0 Å². The highest BCUT2D eigenvalue weighted by atomic mass is 16.5. The fourth-order valence-electron chi connectivity index (χ4n) is 3.46. The zero-order chi connectivity index (χ0) is 11.3. The topological polar surface area (TPSA) is 21.3 Å². The summed E-state index contributed by atoms with van der Waals surface area (Å²) in [6.07, 6.45) is 11.4. The monoisotopic (exact) mass is 225 g/mol. The highest BCUT2D eigenvalue weighted by molar-refractivity contribution is 5.01. The van der Waals surface area contributed by atoms with Crippen molar-refractivity contribution < 1.29 is 4.74 Å². The summed E-state index contributed by atoms with van der Waals surface area (Å²) in [4.78, 5) is 0. The SMILES string of the molecule is CCOCCCNC1CCC12CCCCC2. The maximum absolute atomic E-state index is 5.36. The lowest BCUT2D eigenvalue weighted by Gasteiger charge is -2.52. The average molecular weight is 225 g/mol. The van der Waals surface area contributed by atoms with Crippen LogP contribution in [-0.4, -0.2) is 25.8 Å². The summed E-state index contributed by atoms with van der Waals surface area (Å²) in [5, 5.41) is 3.76. The van der Waals surface area contributed by atoms with Crippen molar-refractivity contribution in [3.63, 3.8) is 0 Å². The Hall–Kier alpha value is -0.0800. The predicted molar refractivity (Wildman–Crippen MR) is 67.7 cm³/mol. The molecule has 1 atom stereocenters. The molecule has 0 aromatic rings. The number of nitrogens with one attached hydrogen (secondary N) is 1. The Morgan fingerprint density at radius 3 is 2.62 bits per heavy atom. The predicted octanol–water partition coefficient (Wildman–Crippen LogP) is 3.12. The molecule has 2 saturated carbocycles. The summed E-state index contributed by atoms with van der Waals surface area (Å²) in [6, 6.07) is 0.828. The van der Waals surface area contributed by atoms with Gasteiger partial charge in [0.1, 0.15) is 0 Å². The van der Waals surface area contributed by atoms with Gasteiger partial charge in [-0.25, -0.2) is 0 Å². The average Bonchev–Trinajstić information content (AvgIpc) is 2.33. The van der Waals surface area contributed by atoms with Crippen LogP contribution in [0.25, 0.3) is 0 Å². The molecule has 0 saturated heterocycles. The molecule has 1 unspecified atom stereocenters. The van der Waals surface area contributed by atoms with Crippen molar-refractivity contribution in [1.82, 2.24) is 5.32 Å². The first-order chi connectivity index (χ1) is 7.87. The van der Waals surface area contributed by atoms with Gasteiger partial charge in [0.2, 0.25) is 0 Å². The molecule has 2 aliphatic rings. The van der Waals surface area contributed by atoms with Crippen LogP contribution in [0.3, 0.4) is 0 Å². The Balaban J connectivity index is 1.62. The molecule has 0 aromatic carbocycles. The quantitative estimate of drug-likeness (QED) is 0.701. The highest BCUT2D eigenvalue weighted by Crippen LogP contribution is 2.51. The van der Waals surface area contributed by atoms with Gasteiger partial charge in [0.05, 0.1) is 0 Å². The molecule has 2 aliphatic carbocycles. The van der Waals surface area contributed by atoms with Gasteiger partial charge in [-0.1, -0.05) is 19.3 Å². The lowest BCUT2D eigenvalue weighted by molar-refractivity contribution is 0.0218. The van der Waals surface area contributed by atoms with Crippen LogP contribution in [0, 0.1) is 5.41 Å². The Labute approximate surface area is 100 Å². The van der Waals surface area contributed by atoms with Crippen LogP contribution in [0.2, 0.25) is 0 Å². The second kappa shape index (κ2) is 6.02. The molecule has 2 heteroatoms. The van der Waals surface area contributed by atoms with E-state index < -0.39 is 0 Å². The molecule has 0 radical (unpaired) electrons. The van der Waals surface area contributed by atoms with E-state index in [-0.39, 0.29) is 0 Å². The molecule has 16 heavy (non-hydrogen) atoms. The van der Waals surface area contributed by atoms with Crippen LogP contribution in [0.4, 0.5) is 0 Å². The Bertz CT molecular complexity index is 199. The number of rotatable bonds is 6. The van der Waals surface area contributed by atoms with E-state index in [4.69, 9.17) is 4.74 Å². The number of hydrogen-bond acceptors (Lipinski definition) is 2. The van der Waals surface area contributed by atoms with Crippen molar-refractivity contribution >= 4 is 0 Å². The minimum Gasteiger partial charge on any atom is -0.382 e. The van der Waals surface area contributed by atoms with Crippen LogP contribution < -0.4 is 5.32 Å². The largest absolute Gasteiger partial charge is 0.382 e. The fourth-order valence-corrected chi connectivity index (χ4v) is 3.46. The van der Waals surface area contributed by atoms with Crippen molar-refractivity contribution in [3.05, 3.63) is 0 Å². The molecule has 0 bridgehead atoms. The van der Waals surface area contributed by atoms with Crippen LogP contribution in [0.5, 0.6) is 0 Å². The van der Waals surface area contributed by atoms with E-state index in [1.54, 1.807) is 0 Å². The van der Waals surface area contributed by atoms with E-state index in [0.717, 1.165) is 25.8 Å². The Morgan fingerprint density at radius 2 is 2.00 bits per heavy atom. The molecular formula is C14H27NO.